The monoisotopic (exact) mass is 1230 g/mol. The molecule has 16 nitrogen and oxygen atoms in total. The summed E-state index contributed by atoms with van der Waals surface area (Å²) >= 11 is 0. The predicted molar refractivity (Wildman–Crippen MR) is 349 cm³/mol. The summed E-state index contributed by atoms with van der Waals surface area (Å²) in [7, 11) is 6.50. The highest BCUT2D eigenvalue weighted by molar-refractivity contribution is 5.96. The Hall–Kier alpha value is -7.50. The van der Waals surface area contributed by atoms with Crippen molar-refractivity contribution < 1.29 is 57.0 Å². The molecular formula is C71H93ClN4O12. The molecule has 476 valence electrons. The van der Waals surface area contributed by atoms with Crippen molar-refractivity contribution in [3.05, 3.63) is 157 Å². The summed E-state index contributed by atoms with van der Waals surface area (Å²) in [6.45, 7) is 19.2. The van der Waals surface area contributed by atoms with Crippen LogP contribution in [-0.4, -0.2) is 157 Å². The van der Waals surface area contributed by atoms with Crippen molar-refractivity contribution in [3.63, 3.8) is 0 Å². The van der Waals surface area contributed by atoms with Gasteiger partial charge in [-0.15, -0.1) is 12.4 Å². The molecule has 1 N–H and O–H groups in total. The lowest BCUT2D eigenvalue weighted by Gasteiger charge is -2.44. The molecule has 0 aliphatic carbocycles. The minimum absolute atomic E-state index is 0. The zero-order valence-corrected chi connectivity index (χ0v) is 54.2. The first-order valence-electron chi connectivity index (χ1n) is 30.5. The van der Waals surface area contributed by atoms with Gasteiger partial charge >= 0.3 is 6.09 Å². The molecule has 3 amide bonds. The van der Waals surface area contributed by atoms with Crippen LogP contribution in [0.1, 0.15) is 94.9 Å². The SMILES string of the molecule is COCCCOc1cc(C(=O)N(C(C)C)[C@@H]2C[C@H](COc3ccccc3-c3ccccc3)CN(C(=O)OC(C)(C)C)C2)ccc1OC.COCCCOc1cc(C(=O)N(C(C)C)[C@H]2CNC[C@@H](COc3ccccc3-c3ccccc3)C2)ccc1OC.Cl. The van der Waals surface area contributed by atoms with E-state index in [9.17, 15) is 14.4 Å². The van der Waals surface area contributed by atoms with Crippen molar-refractivity contribution in [1.29, 1.82) is 0 Å². The van der Waals surface area contributed by atoms with E-state index in [0.29, 0.717) is 99.7 Å². The molecule has 0 radical (unpaired) electrons. The van der Waals surface area contributed by atoms with Crippen molar-refractivity contribution in [2.24, 2.45) is 11.8 Å². The lowest BCUT2D eigenvalue weighted by molar-refractivity contribution is -0.00550. The van der Waals surface area contributed by atoms with Crippen LogP contribution < -0.4 is 33.7 Å². The summed E-state index contributed by atoms with van der Waals surface area (Å²) in [5.41, 5.74) is 4.71. The van der Waals surface area contributed by atoms with Crippen molar-refractivity contribution in [3.8, 4) is 56.8 Å². The molecule has 0 unspecified atom stereocenters. The number of carbonyl (C=O) groups is 3. The fourth-order valence-corrected chi connectivity index (χ4v) is 11.2. The number of hydrogen-bond donors (Lipinski definition) is 1. The Morgan fingerprint density at radius 1 is 0.511 bits per heavy atom. The topological polar surface area (TPSA) is 156 Å². The van der Waals surface area contributed by atoms with E-state index in [0.717, 1.165) is 59.7 Å². The van der Waals surface area contributed by atoms with Crippen molar-refractivity contribution in [1.82, 2.24) is 20.0 Å². The third-order valence-electron chi connectivity index (χ3n) is 15.2. The number of amides is 3. The maximum Gasteiger partial charge on any atom is 0.410 e. The van der Waals surface area contributed by atoms with E-state index in [1.54, 1.807) is 63.7 Å². The van der Waals surface area contributed by atoms with Crippen LogP contribution in [0.2, 0.25) is 0 Å². The Morgan fingerprint density at radius 3 is 1.41 bits per heavy atom. The molecule has 2 heterocycles. The molecule has 2 aliphatic rings. The summed E-state index contributed by atoms with van der Waals surface area (Å²) in [6, 6.07) is 46.9. The molecule has 4 atom stereocenters. The van der Waals surface area contributed by atoms with E-state index in [2.05, 4.69) is 49.5 Å². The fraction of sp³-hybridized carbons (Fsp3) is 0.451. The first kappa shape index (κ1) is 69.6. The van der Waals surface area contributed by atoms with E-state index in [1.807, 2.05) is 129 Å². The average Bonchev–Trinajstić information content (AvgIpc) is 2.28. The van der Waals surface area contributed by atoms with Crippen LogP contribution in [0.25, 0.3) is 22.3 Å². The molecule has 0 saturated carbocycles. The number of nitrogens with one attached hydrogen (secondary N) is 1. The van der Waals surface area contributed by atoms with Crippen LogP contribution in [0.3, 0.4) is 0 Å². The number of benzene rings is 6. The summed E-state index contributed by atoms with van der Waals surface area (Å²) in [6.07, 6.45) is 2.58. The number of ether oxygens (including phenoxy) is 9. The number of piperidine rings is 2. The van der Waals surface area contributed by atoms with E-state index in [1.165, 1.54) is 0 Å². The second kappa shape index (κ2) is 34.9. The first-order chi connectivity index (χ1) is 42.0. The van der Waals surface area contributed by atoms with Gasteiger partial charge in [0.2, 0.25) is 0 Å². The van der Waals surface area contributed by atoms with Gasteiger partial charge in [-0.2, -0.15) is 0 Å². The molecule has 0 spiro atoms. The lowest BCUT2D eigenvalue weighted by Crippen LogP contribution is -2.57. The highest BCUT2D eigenvalue weighted by Crippen LogP contribution is 2.36. The summed E-state index contributed by atoms with van der Waals surface area (Å²) < 4.78 is 51.8. The predicted octanol–water partition coefficient (Wildman–Crippen LogP) is 13.4. The highest BCUT2D eigenvalue weighted by Gasteiger charge is 2.39. The average molecular weight is 1230 g/mol. The van der Waals surface area contributed by atoms with Gasteiger partial charge < -0.3 is 62.6 Å². The van der Waals surface area contributed by atoms with Crippen molar-refractivity contribution >= 4 is 30.3 Å². The maximum atomic E-state index is 14.3. The summed E-state index contributed by atoms with van der Waals surface area (Å²) in [4.78, 5) is 47.1. The second-order valence-electron chi connectivity index (χ2n) is 23.6. The number of hydrogen-bond acceptors (Lipinski definition) is 13. The Balaban J connectivity index is 0.000000281. The number of carbonyl (C=O) groups excluding carboxylic acids is 3. The van der Waals surface area contributed by atoms with Crippen LogP contribution in [0.4, 0.5) is 4.79 Å². The zero-order chi connectivity index (χ0) is 62.3. The Kier molecular flexibility index (Phi) is 27.6. The molecule has 2 aliphatic heterocycles. The zero-order valence-electron chi connectivity index (χ0n) is 53.4. The lowest BCUT2D eigenvalue weighted by atomic mass is 9.92. The van der Waals surface area contributed by atoms with Crippen LogP contribution in [0, 0.1) is 11.8 Å². The third kappa shape index (κ3) is 20.0. The molecule has 6 aromatic carbocycles. The van der Waals surface area contributed by atoms with Gasteiger partial charge in [0.1, 0.15) is 17.1 Å². The number of halogens is 1. The molecule has 0 bridgehead atoms. The van der Waals surface area contributed by atoms with Crippen LogP contribution in [0.5, 0.6) is 34.5 Å². The molecule has 2 saturated heterocycles. The first-order valence-corrected chi connectivity index (χ1v) is 30.5. The van der Waals surface area contributed by atoms with Crippen LogP contribution in [-0.2, 0) is 14.2 Å². The maximum absolute atomic E-state index is 14.3. The van der Waals surface area contributed by atoms with Gasteiger partial charge in [0.15, 0.2) is 23.0 Å². The number of rotatable bonds is 26. The van der Waals surface area contributed by atoms with Crippen LogP contribution in [0.15, 0.2) is 146 Å². The molecule has 8 rings (SSSR count). The minimum Gasteiger partial charge on any atom is -0.493 e. The summed E-state index contributed by atoms with van der Waals surface area (Å²) in [5.74, 6) is 3.95. The van der Waals surface area contributed by atoms with Gasteiger partial charge in [-0.1, -0.05) is 97.1 Å². The quantitative estimate of drug-likeness (QED) is 0.0513. The van der Waals surface area contributed by atoms with Crippen molar-refractivity contribution in [2.45, 2.75) is 104 Å². The normalized spacial score (nSPS) is 16.5. The van der Waals surface area contributed by atoms with Gasteiger partial charge in [0, 0.05) is 119 Å². The Bertz CT molecular complexity index is 3090. The number of para-hydroxylation sites is 2. The molecule has 0 aromatic heterocycles. The Morgan fingerprint density at radius 2 is 0.955 bits per heavy atom. The van der Waals surface area contributed by atoms with Gasteiger partial charge in [-0.05, 0) is 121 Å². The van der Waals surface area contributed by atoms with Crippen LogP contribution >= 0.6 is 12.4 Å². The summed E-state index contributed by atoms with van der Waals surface area (Å²) in [5, 5.41) is 3.55. The Labute approximate surface area is 528 Å². The van der Waals surface area contributed by atoms with E-state index in [4.69, 9.17) is 42.6 Å². The third-order valence-corrected chi connectivity index (χ3v) is 15.2. The molecule has 2 fully saturated rings. The van der Waals surface area contributed by atoms with E-state index >= 15 is 0 Å². The highest BCUT2D eigenvalue weighted by atomic mass is 35.5. The van der Waals surface area contributed by atoms with Crippen molar-refractivity contribution in [2.75, 3.05) is 94.3 Å². The molecule has 17 heteroatoms. The van der Waals surface area contributed by atoms with E-state index < -0.39 is 11.7 Å². The second-order valence-corrected chi connectivity index (χ2v) is 23.6. The number of nitrogens with zero attached hydrogens (tertiary/aromatic N) is 3. The van der Waals surface area contributed by atoms with Gasteiger partial charge in [0.25, 0.3) is 11.8 Å². The molecule has 6 aromatic rings. The smallest absolute Gasteiger partial charge is 0.410 e. The molecular weight excluding hydrogens is 1140 g/mol. The minimum atomic E-state index is -0.652. The van der Waals surface area contributed by atoms with Gasteiger partial charge in [-0.3, -0.25) is 9.59 Å². The van der Waals surface area contributed by atoms with Gasteiger partial charge in [0.05, 0.1) is 46.7 Å². The largest absolute Gasteiger partial charge is 0.493 e. The van der Waals surface area contributed by atoms with Gasteiger partial charge in [-0.25, -0.2) is 4.79 Å². The van der Waals surface area contributed by atoms with E-state index in [-0.39, 0.29) is 60.2 Å². The standard InChI is InChI=1S/C38H50N2O7.C33H42N2O5.ClH/c1-27(2)40(36(41)30-18-19-34(44-7)35(23-30)45-21-13-20-43-6)31-22-28(24-39(25-31)37(42)47-38(3,4)5)26-46-33-17-12-11-16-32(33)29-14-9-8-10-15-29;1-24(2)35(33(36)27-15-16-31(38-4)32(20-27)39-18-10-17-37-3)28-19-25(21-34-22-28)23-40-30-14-9-8-13-29(30)26-11-6-5-7-12-26;/h8-12,14-19,23,27-28,31H,13,20-22,24-26H2,1-7H3;5-9,11-16,20,24-25,28,34H,10,17-19,21-23H2,1-4H3;1H/t28-,31+;25-,28+;/m00./s1. The fourth-order valence-electron chi connectivity index (χ4n) is 11.2. The number of methoxy groups -OCH3 is 4. The number of likely N-dealkylation sites (tertiary alicyclic amines) is 1. The molecule has 88 heavy (non-hydrogen) atoms.